The van der Waals surface area contributed by atoms with Crippen LogP contribution in [0.25, 0.3) is 0 Å². The number of ketones is 1. The van der Waals surface area contributed by atoms with E-state index < -0.39 is 11.6 Å². The topological polar surface area (TPSA) is 63.3 Å². The number of phenolic OH excluding ortho intramolecular Hbond substituents is 1. The van der Waals surface area contributed by atoms with Crippen molar-refractivity contribution in [3.63, 3.8) is 0 Å². The van der Waals surface area contributed by atoms with Gasteiger partial charge >= 0.3 is 0 Å². The number of nitrogen functional groups attached to an aromatic ring is 1. The van der Waals surface area contributed by atoms with Crippen LogP contribution in [0.5, 0.6) is 5.75 Å². The van der Waals surface area contributed by atoms with Gasteiger partial charge in [0, 0.05) is 5.56 Å². The van der Waals surface area contributed by atoms with Crippen molar-refractivity contribution < 1.29 is 14.3 Å². The molecule has 0 aliphatic heterocycles. The number of phenols is 1. The average Bonchev–Trinajstić information content (AvgIpc) is 1.99. The van der Waals surface area contributed by atoms with E-state index in [2.05, 4.69) is 0 Å². The van der Waals surface area contributed by atoms with Crippen LogP contribution in [0.3, 0.4) is 0 Å². The van der Waals surface area contributed by atoms with Crippen molar-refractivity contribution in [2.75, 3.05) is 5.73 Å². The Morgan fingerprint density at radius 1 is 1.54 bits per heavy atom. The summed E-state index contributed by atoms with van der Waals surface area (Å²) in [6.45, 7) is 1.30. The van der Waals surface area contributed by atoms with Crippen molar-refractivity contribution in [3.8, 4) is 5.75 Å². The zero-order valence-electron chi connectivity index (χ0n) is 6.87. The number of hydrogen-bond acceptors (Lipinski definition) is 3. The van der Waals surface area contributed by atoms with Gasteiger partial charge in [-0.1, -0.05) is 0 Å². The molecule has 0 bridgehead atoms. The summed E-state index contributed by atoms with van der Waals surface area (Å²) in [7, 11) is 0. The first kappa shape index (κ1) is 11.7. The molecule has 0 aliphatic rings. The molecule has 3 N–H and O–H groups in total. The van der Waals surface area contributed by atoms with Crippen LogP contribution in [-0.4, -0.2) is 10.9 Å². The largest absolute Gasteiger partial charge is 0.503 e. The predicted molar refractivity (Wildman–Crippen MR) is 49.7 cm³/mol. The molecular weight excluding hydrogens is 197 g/mol. The molecule has 1 aromatic carbocycles. The third kappa shape index (κ3) is 2.32. The molecular formula is C8H9ClFNO2. The number of rotatable bonds is 1. The number of Topliss-reactive ketones (excluding diaryl/α,β-unsaturated/α-hetero) is 1. The van der Waals surface area contributed by atoms with Gasteiger partial charge in [0.1, 0.15) is 0 Å². The SMILES string of the molecule is CC(=O)c1cc(N)c(O)c(F)c1.Cl. The lowest BCUT2D eigenvalue weighted by atomic mass is 10.1. The maximum absolute atomic E-state index is 12.7. The molecule has 0 unspecified atom stereocenters. The highest BCUT2D eigenvalue weighted by Gasteiger charge is 2.09. The number of halogens is 2. The highest BCUT2D eigenvalue weighted by atomic mass is 35.5. The van der Waals surface area contributed by atoms with E-state index in [0.29, 0.717) is 0 Å². The Labute approximate surface area is 80.8 Å². The van der Waals surface area contributed by atoms with Crippen molar-refractivity contribution in [2.24, 2.45) is 0 Å². The number of hydrogen-bond donors (Lipinski definition) is 2. The molecule has 0 aromatic heterocycles. The summed E-state index contributed by atoms with van der Waals surface area (Å²) in [5, 5.41) is 8.90. The van der Waals surface area contributed by atoms with Crippen LogP contribution in [0, 0.1) is 5.82 Å². The van der Waals surface area contributed by atoms with Crippen LogP contribution in [0.15, 0.2) is 12.1 Å². The summed E-state index contributed by atoms with van der Waals surface area (Å²) in [4.78, 5) is 10.8. The molecule has 0 radical (unpaired) electrons. The van der Waals surface area contributed by atoms with Crippen LogP contribution >= 0.6 is 12.4 Å². The Morgan fingerprint density at radius 2 is 2.08 bits per heavy atom. The number of carbonyl (C=O) groups is 1. The highest BCUT2D eigenvalue weighted by molar-refractivity contribution is 5.95. The second kappa shape index (κ2) is 4.09. The van der Waals surface area contributed by atoms with Crippen molar-refractivity contribution >= 4 is 23.9 Å². The maximum atomic E-state index is 12.7. The molecule has 0 amide bonds. The molecule has 1 rings (SSSR count). The van der Waals surface area contributed by atoms with Crippen molar-refractivity contribution in [2.45, 2.75) is 6.92 Å². The van der Waals surface area contributed by atoms with Gasteiger partial charge in [-0.05, 0) is 19.1 Å². The van der Waals surface area contributed by atoms with E-state index in [1.54, 1.807) is 0 Å². The fourth-order valence-electron chi connectivity index (χ4n) is 0.824. The summed E-state index contributed by atoms with van der Waals surface area (Å²) >= 11 is 0. The van der Waals surface area contributed by atoms with Crippen LogP contribution < -0.4 is 5.73 Å². The van der Waals surface area contributed by atoms with Crippen LogP contribution in [0.1, 0.15) is 17.3 Å². The molecule has 5 heteroatoms. The van der Waals surface area contributed by atoms with Gasteiger partial charge in [-0.2, -0.15) is 0 Å². The number of nitrogens with two attached hydrogens (primary N) is 1. The van der Waals surface area contributed by atoms with E-state index in [4.69, 9.17) is 10.8 Å². The van der Waals surface area contributed by atoms with Gasteiger partial charge in [0.2, 0.25) is 0 Å². The molecule has 0 heterocycles. The van der Waals surface area contributed by atoms with Gasteiger partial charge in [-0.15, -0.1) is 12.4 Å². The van der Waals surface area contributed by atoms with E-state index in [0.717, 1.165) is 6.07 Å². The Morgan fingerprint density at radius 3 is 2.46 bits per heavy atom. The Hall–Kier alpha value is -1.29. The lowest BCUT2D eigenvalue weighted by Gasteiger charge is -2.01. The molecule has 0 aliphatic carbocycles. The minimum atomic E-state index is -0.875. The van der Waals surface area contributed by atoms with E-state index >= 15 is 0 Å². The van der Waals surface area contributed by atoms with Gasteiger partial charge in [0.25, 0.3) is 0 Å². The van der Waals surface area contributed by atoms with Crippen LogP contribution in [0.4, 0.5) is 10.1 Å². The summed E-state index contributed by atoms with van der Waals surface area (Å²) in [5.74, 6) is -1.78. The van der Waals surface area contributed by atoms with E-state index in [1.165, 1.54) is 13.0 Å². The van der Waals surface area contributed by atoms with Gasteiger partial charge in [0.15, 0.2) is 17.3 Å². The number of anilines is 1. The lowest BCUT2D eigenvalue weighted by molar-refractivity contribution is 0.101. The van der Waals surface area contributed by atoms with Crippen molar-refractivity contribution in [1.29, 1.82) is 0 Å². The standard InChI is InChI=1S/C8H8FNO2.ClH/c1-4(11)5-2-6(9)8(12)7(10)3-5;/h2-3,12H,10H2,1H3;1H. The summed E-state index contributed by atoms with van der Waals surface area (Å²) < 4.78 is 12.7. The fraction of sp³-hybridized carbons (Fsp3) is 0.125. The van der Waals surface area contributed by atoms with E-state index in [-0.39, 0.29) is 29.4 Å². The zero-order chi connectivity index (χ0) is 9.30. The van der Waals surface area contributed by atoms with E-state index in [1.807, 2.05) is 0 Å². The lowest BCUT2D eigenvalue weighted by Crippen LogP contribution is -1.97. The number of aromatic hydroxyl groups is 1. The van der Waals surface area contributed by atoms with Crippen molar-refractivity contribution in [1.82, 2.24) is 0 Å². The molecule has 3 nitrogen and oxygen atoms in total. The molecule has 0 atom stereocenters. The minimum Gasteiger partial charge on any atom is -0.503 e. The maximum Gasteiger partial charge on any atom is 0.174 e. The summed E-state index contributed by atoms with van der Waals surface area (Å²) in [6.07, 6.45) is 0. The molecule has 1 aromatic rings. The first-order valence-corrected chi connectivity index (χ1v) is 3.31. The molecule has 72 valence electrons. The predicted octanol–water partition coefficient (Wildman–Crippen LogP) is 1.74. The molecule has 0 saturated heterocycles. The average molecular weight is 206 g/mol. The minimum absolute atomic E-state index is 0. The third-order valence-corrected chi connectivity index (χ3v) is 1.50. The molecule has 0 fully saturated rings. The first-order chi connectivity index (χ1) is 5.52. The number of benzene rings is 1. The van der Waals surface area contributed by atoms with E-state index in [9.17, 15) is 9.18 Å². The normalized spacial score (nSPS) is 9.08. The molecule has 13 heavy (non-hydrogen) atoms. The Bertz CT molecular complexity index is 318. The zero-order valence-corrected chi connectivity index (χ0v) is 7.69. The summed E-state index contributed by atoms with van der Waals surface area (Å²) in [5.41, 5.74) is 5.25. The molecule has 0 saturated carbocycles. The molecule has 0 spiro atoms. The van der Waals surface area contributed by atoms with Crippen LogP contribution in [-0.2, 0) is 0 Å². The smallest absolute Gasteiger partial charge is 0.174 e. The second-order valence-electron chi connectivity index (χ2n) is 2.45. The number of carbonyl (C=O) groups excluding carboxylic acids is 1. The quantitative estimate of drug-likeness (QED) is 0.417. The summed E-state index contributed by atoms with van der Waals surface area (Å²) in [6, 6.07) is 2.19. The van der Waals surface area contributed by atoms with Gasteiger partial charge in [-0.3, -0.25) is 4.79 Å². The third-order valence-electron chi connectivity index (χ3n) is 1.50. The second-order valence-corrected chi connectivity index (χ2v) is 2.45. The van der Waals surface area contributed by atoms with Gasteiger partial charge in [0.05, 0.1) is 5.69 Å². The van der Waals surface area contributed by atoms with Gasteiger partial charge < -0.3 is 10.8 Å². The monoisotopic (exact) mass is 205 g/mol. The van der Waals surface area contributed by atoms with Gasteiger partial charge in [-0.25, -0.2) is 4.39 Å². The first-order valence-electron chi connectivity index (χ1n) is 3.31. The Balaban J connectivity index is 0.00000144. The van der Waals surface area contributed by atoms with Crippen LogP contribution in [0.2, 0.25) is 0 Å². The fourth-order valence-corrected chi connectivity index (χ4v) is 0.824. The van der Waals surface area contributed by atoms with Crippen molar-refractivity contribution in [3.05, 3.63) is 23.5 Å². The Kier molecular flexibility index (Phi) is 3.69. The highest BCUT2D eigenvalue weighted by Crippen LogP contribution is 2.25.